The van der Waals surface area contributed by atoms with Crippen molar-refractivity contribution in [2.24, 2.45) is 5.92 Å². The normalized spacial score (nSPS) is 22.1. The largest absolute Gasteiger partial charge is 0.393 e. The minimum absolute atomic E-state index is 0.230. The molecule has 0 spiro atoms. The molecule has 2 aromatic rings. The Labute approximate surface area is 120 Å². The number of hydrogen-bond donors (Lipinski definition) is 2. The molecule has 0 aliphatic heterocycles. The van der Waals surface area contributed by atoms with Crippen LogP contribution in [0.5, 0.6) is 0 Å². The van der Waals surface area contributed by atoms with Crippen molar-refractivity contribution in [2.45, 2.75) is 25.4 Å². The number of hydrogen-bond acceptors (Lipinski definition) is 5. The van der Waals surface area contributed by atoms with Crippen LogP contribution >= 0.6 is 11.3 Å². The fraction of sp³-hybridized carbons (Fsp3) is 0.429. The smallest absolute Gasteiger partial charge is 0.223 e. The van der Waals surface area contributed by atoms with Gasteiger partial charge in [-0.3, -0.25) is 0 Å². The molecule has 0 bridgehead atoms. The Morgan fingerprint density at radius 3 is 3.05 bits per heavy atom. The van der Waals surface area contributed by atoms with Gasteiger partial charge in [-0.15, -0.1) is 0 Å². The predicted molar refractivity (Wildman–Crippen MR) is 77.1 cm³/mol. The summed E-state index contributed by atoms with van der Waals surface area (Å²) in [4.78, 5) is 8.19. The molecule has 0 aromatic carbocycles. The Kier molecular flexibility index (Phi) is 3.93. The molecule has 106 valence electrons. The van der Waals surface area contributed by atoms with Crippen LogP contribution in [0.25, 0.3) is 11.3 Å². The Bertz CT molecular complexity index is 576. The van der Waals surface area contributed by atoms with Crippen LogP contribution in [0.15, 0.2) is 23.0 Å². The molecule has 0 amide bonds. The molecule has 1 aliphatic carbocycles. The molecule has 2 atom stereocenters. The Balaban J connectivity index is 1.73. The molecule has 3 rings (SSSR count). The summed E-state index contributed by atoms with van der Waals surface area (Å²) in [5, 5.41) is 16.6. The Hall–Kier alpha value is -1.53. The lowest BCUT2D eigenvalue weighted by molar-refractivity contribution is 0.138. The summed E-state index contributed by atoms with van der Waals surface area (Å²) in [6.07, 6.45) is 3.86. The summed E-state index contributed by atoms with van der Waals surface area (Å²) in [7, 11) is 0. The van der Waals surface area contributed by atoms with E-state index in [-0.39, 0.29) is 12.0 Å². The molecule has 2 aromatic heterocycles. The number of aromatic nitrogens is 2. The SMILES string of the molecule is O[C@H]1CCC[C@@H]1CNc1ncc(F)c(-c2ccsc2)n1. The first-order valence-electron chi connectivity index (χ1n) is 6.71. The number of nitrogens with zero attached hydrogens (tertiary/aromatic N) is 2. The van der Waals surface area contributed by atoms with Gasteiger partial charge >= 0.3 is 0 Å². The Morgan fingerprint density at radius 1 is 1.45 bits per heavy atom. The van der Waals surface area contributed by atoms with Crippen LogP contribution in [0.3, 0.4) is 0 Å². The number of rotatable bonds is 4. The van der Waals surface area contributed by atoms with Crippen LogP contribution in [-0.2, 0) is 0 Å². The monoisotopic (exact) mass is 293 g/mol. The molecule has 6 heteroatoms. The number of halogens is 1. The summed E-state index contributed by atoms with van der Waals surface area (Å²) >= 11 is 1.50. The lowest BCUT2D eigenvalue weighted by Gasteiger charge is -2.15. The van der Waals surface area contributed by atoms with E-state index in [1.165, 1.54) is 17.5 Å². The van der Waals surface area contributed by atoms with Gasteiger partial charge in [0.05, 0.1) is 12.3 Å². The molecule has 0 radical (unpaired) electrons. The van der Waals surface area contributed by atoms with E-state index in [9.17, 15) is 9.50 Å². The molecular weight excluding hydrogens is 277 g/mol. The highest BCUT2D eigenvalue weighted by Crippen LogP contribution is 2.26. The summed E-state index contributed by atoms with van der Waals surface area (Å²) in [5.74, 6) is 0.217. The molecule has 0 unspecified atom stereocenters. The molecular formula is C14H16FN3OS. The van der Waals surface area contributed by atoms with Gasteiger partial charge in [0.15, 0.2) is 5.82 Å². The van der Waals surface area contributed by atoms with Crippen molar-refractivity contribution < 1.29 is 9.50 Å². The fourth-order valence-corrected chi connectivity index (χ4v) is 3.17. The molecule has 4 nitrogen and oxygen atoms in total. The second kappa shape index (κ2) is 5.85. The van der Waals surface area contributed by atoms with Crippen LogP contribution in [0.2, 0.25) is 0 Å². The standard InChI is InChI=1S/C14H16FN3OS/c15-11-7-17-14(16-6-9-2-1-3-12(9)19)18-13(11)10-4-5-20-8-10/h4-5,7-9,12,19H,1-3,6H2,(H,16,17,18)/t9-,12+/m1/s1. The van der Waals surface area contributed by atoms with E-state index < -0.39 is 5.82 Å². The van der Waals surface area contributed by atoms with E-state index >= 15 is 0 Å². The topological polar surface area (TPSA) is 58.0 Å². The maximum atomic E-state index is 13.7. The van der Waals surface area contributed by atoms with Gasteiger partial charge in [-0.2, -0.15) is 11.3 Å². The van der Waals surface area contributed by atoms with E-state index in [0.29, 0.717) is 18.2 Å². The number of aliphatic hydroxyl groups excluding tert-OH is 1. The molecule has 20 heavy (non-hydrogen) atoms. The van der Waals surface area contributed by atoms with Crippen molar-refractivity contribution in [1.29, 1.82) is 0 Å². The van der Waals surface area contributed by atoms with E-state index in [0.717, 1.165) is 24.8 Å². The molecule has 0 saturated heterocycles. The molecule has 2 N–H and O–H groups in total. The van der Waals surface area contributed by atoms with Gasteiger partial charge in [-0.1, -0.05) is 6.42 Å². The van der Waals surface area contributed by atoms with Crippen LogP contribution in [0, 0.1) is 11.7 Å². The maximum absolute atomic E-state index is 13.7. The molecule has 1 saturated carbocycles. The lowest BCUT2D eigenvalue weighted by atomic mass is 10.1. The highest BCUT2D eigenvalue weighted by atomic mass is 32.1. The lowest BCUT2D eigenvalue weighted by Crippen LogP contribution is -2.22. The summed E-state index contributed by atoms with van der Waals surface area (Å²) in [6, 6.07) is 1.83. The third kappa shape index (κ3) is 2.81. The van der Waals surface area contributed by atoms with Crippen LogP contribution < -0.4 is 5.32 Å². The zero-order chi connectivity index (χ0) is 13.9. The second-order valence-electron chi connectivity index (χ2n) is 5.04. The zero-order valence-electron chi connectivity index (χ0n) is 10.9. The highest BCUT2D eigenvalue weighted by molar-refractivity contribution is 7.08. The van der Waals surface area contributed by atoms with E-state index in [1.807, 2.05) is 16.8 Å². The first-order chi connectivity index (χ1) is 9.74. The first-order valence-corrected chi connectivity index (χ1v) is 7.65. The molecule has 2 heterocycles. The summed E-state index contributed by atoms with van der Waals surface area (Å²) in [6.45, 7) is 0.621. The number of anilines is 1. The minimum atomic E-state index is -0.421. The van der Waals surface area contributed by atoms with Crippen molar-refractivity contribution in [1.82, 2.24) is 9.97 Å². The first kappa shape index (κ1) is 13.5. The highest BCUT2D eigenvalue weighted by Gasteiger charge is 2.25. The van der Waals surface area contributed by atoms with Crippen LogP contribution in [-0.4, -0.2) is 27.7 Å². The van der Waals surface area contributed by atoms with Gasteiger partial charge in [0, 0.05) is 23.4 Å². The van der Waals surface area contributed by atoms with Crippen molar-refractivity contribution in [3.63, 3.8) is 0 Å². The Morgan fingerprint density at radius 2 is 2.35 bits per heavy atom. The van der Waals surface area contributed by atoms with Gasteiger partial charge in [0.1, 0.15) is 5.69 Å². The minimum Gasteiger partial charge on any atom is -0.393 e. The van der Waals surface area contributed by atoms with Crippen molar-refractivity contribution in [3.05, 3.63) is 28.8 Å². The van der Waals surface area contributed by atoms with Crippen LogP contribution in [0.4, 0.5) is 10.3 Å². The number of aliphatic hydroxyl groups is 1. The third-order valence-corrected chi connectivity index (χ3v) is 4.36. The van der Waals surface area contributed by atoms with Gasteiger partial charge in [0.25, 0.3) is 0 Å². The zero-order valence-corrected chi connectivity index (χ0v) is 11.7. The average molecular weight is 293 g/mol. The summed E-state index contributed by atoms with van der Waals surface area (Å²) in [5.41, 5.74) is 1.08. The average Bonchev–Trinajstić information content (AvgIpc) is 3.09. The van der Waals surface area contributed by atoms with Gasteiger partial charge in [-0.05, 0) is 24.3 Å². The van der Waals surface area contributed by atoms with Crippen LogP contribution in [0.1, 0.15) is 19.3 Å². The fourth-order valence-electron chi connectivity index (χ4n) is 2.53. The predicted octanol–water partition coefficient (Wildman–Crippen LogP) is 2.92. The quantitative estimate of drug-likeness (QED) is 0.910. The number of thiophene rings is 1. The number of nitrogens with one attached hydrogen (secondary N) is 1. The summed E-state index contributed by atoms with van der Waals surface area (Å²) < 4.78 is 13.7. The van der Waals surface area contributed by atoms with Crippen molar-refractivity contribution in [2.75, 3.05) is 11.9 Å². The van der Waals surface area contributed by atoms with Crippen molar-refractivity contribution in [3.8, 4) is 11.3 Å². The van der Waals surface area contributed by atoms with E-state index in [2.05, 4.69) is 15.3 Å². The maximum Gasteiger partial charge on any atom is 0.223 e. The third-order valence-electron chi connectivity index (χ3n) is 3.68. The van der Waals surface area contributed by atoms with Gasteiger partial charge < -0.3 is 10.4 Å². The molecule has 1 fully saturated rings. The van der Waals surface area contributed by atoms with Crippen molar-refractivity contribution >= 4 is 17.3 Å². The molecule has 1 aliphatic rings. The van der Waals surface area contributed by atoms with E-state index in [4.69, 9.17) is 0 Å². The van der Waals surface area contributed by atoms with Gasteiger partial charge in [-0.25, -0.2) is 14.4 Å². The van der Waals surface area contributed by atoms with E-state index in [1.54, 1.807) is 0 Å². The second-order valence-corrected chi connectivity index (χ2v) is 5.82. The van der Waals surface area contributed by atoms with Gasteiger partial charge in [0.2, 0.25) is 5.95 Å².